The minimum absolute atomic E-state index is 0.153. The molecule has 156 valence electrons. The normalized spacial score (nSPS) is 11.5. The highest BCUT2D eigenvalue weighted by Crippen LogP contribution is 2.36. The maximum atomic E-state index is 10.0. The van der Waals surface area contributed by atoms with Crippen LogP contribution in [0, 0.1) is 11.3 Å². The number of hydrogen-bond donors (Lipinski definition) is 0. The van der Waals surface area contributed by atoms with Crippen molar-refractivity contribution >= 4 is 34.8 Å². The molecule has 4 aromatic rings. The second-order valence-corrected chi connectivity index (χ2v) is 9.14. The van der Waals surface area contributed by atoms with Crippen LogP contribution in [-0.2, 0) is 5.41 Å². The van der Waals surface area contributed by atoms with Crippen LogP contribution in [0.5, 0.6) is 0 Å². The van der Waals surface area contributed by atoms with Crippen LogP contribution in [0.25, 0.3) is 28.5 Å². The smallest absolute Gasteiger partial charge is 0.269 e. The number of nitrogens with zero attached hydrogens (tertiary/aromatic N) is 5. The first-order chi connectivity index (χ1) is 14.7. The molecule has 0 aliphatic heterocycles. The first-order valence-electron chi connectivity index (χ1n) is 9.28. The summed E-state index contributed by atoms with van der Waals surface area (Å²) in [5.41, 5.74) is 1.99. The third kappa shape index (κ3) is 4.05. The molecule has 2 aromatic carbocycles. The van der Waals surface area contributed by atoms with E-state index in [4.69, 9.17) is 39.2 Å². The zero-order valence-electron chi connectivity index (χ0n) is 16.8. The largest absolute Gasteiger partial charge is 0.419 e. The van der Waals surface area contributed by atoms with Gasteiger partial charge in [0.25, 0.3) is 5.89 Å². The minimum Gasteiger partial charge on any atom is -0.419 e. The molecule has 9 heteroatoms. The molecule has 0 N–H and O–H groups in total. The molecule has 0 aliphatic carbocycles. The van der Waals surface area contributed by atoms with Crippen LogP contribution in [0.4, 0.5) is 0 Å². The molecular weight excluding hydrogens is 457 g/mol. The van der Waals surface area contributed by atoms with E-state index in [-0.39, 0.29) is 22.6 Å². The lowest BCUT2D eigenvalue weighted by Gasteiger charge is -2.10. The molecule has 0 unspecified atom stereocenters. The third-order valence-electron chi connectivity index (χ3n) is 4.52. The third-order valence-corrected chi connectivity index (χ3v) is 5.31. The summed E-state index contributed by atoms with van der Waals surface area (Å²) in [5.74, 6) is 0.596. The molecule has 0 atom stereocenters. The van der Waals surface area contributed by atoms with Crippen LogP contribution in [0.3, 0.4) is 0 Å². The Morgan fingerprint density at radius 2 is 1.65 bits per heavy atom. The lowest BCUT2D eigenvalue weighted by atomic mass is 9.97. The minimum atomic E-state index is -0.348. The summed E-state index contributed by atoms with van der Waals surface area (Å²) in [4.78, 5) is 0. The van der Waals surface area contributed by atoms with Crippen LogP contribution < -0.4 is 0 Å². The van der Waals surface area contributed by atoms with Crippen LogP contribution >= 0.6 is 34.8 Å². The summed E-state index contributed by atoms with van der Waals surface area (Å²) in [6.07, 6.45) is 0. The molecule has 0 saturated carbocycles. The van der Waals surface area contributed by atoms with Crippen molar-refractivity contribution in [3.05, 3.63) is 69.0 Å². The standard InChI is InChI=1S/C22H16Cl3N5O/c1-22(2,3)21-28-27-20(31-21)18-15(11-26)19(12-4-6-13(23)7-5-12)30(29-18)17-9-8-14(24)10-16(17)25/h4-10H,1-3H3. The Morgan fingerprint density at radius 3 is 2.23 bits per heavy atom. The highest BCUT2D eigenvalue weighted by Gasteiger charge is 2.28. The summed E-state index contributed by atoms with van der Waals surface area (Å²) < 4.78 is 7.44. The molecule has 0 radical (unpaired) electrons. The first kappa shape index (κ1) is 21.4. The molecule has 0 aliphatic rings. The number of halogens is 3. The molecule has 6 nitrogen and oxygen atoms in total. The molecule has 31 heavy (non-hydrogen) atoms. The van der Waals surface area contributed by atoms with E-state index in [1.54, 1.807) is 47.1 Å². The number of nitriles is 1. The SMILES string of the molecule is CC(C)(C)c1nnc(-c2nn(-c3ccc(Cl)cc3Cl)c(-c3ccc(Cl)cc3)c2C#N)o1. The fraction of sp³-hybridized carbons (Fsp3) is 0.182. The molecule has 0 bridgehead atoms. The zero-order chi connectivity index (χ0) is 22.3. The molecular formula is C22H16Cl3N5O. The van der Waals surface area contributed by atoms with Gasteiger partial charge in [-0.3, -0.25) is 0 Å². The second-order valence-electron chi connectivity index (χ2n) is 7.86. The van der Waals surface area contributed by atoms with E-state index in [2.05, 4.69) is 21.4 Å². The lowest BCUT2D eigenvalue weighted by molar-refractivity contribution is 0.398. The van der Waals surface area contributed by atoms with Gasteiger partial charge in [-0.25, -0.2) is 4.68 Å². The van der Waals surface area contributed by atoms with Crippen molar-refractivity contribution in [2.75, 3.05) is 0 Å². The van der Waals surface area contributed by atoms with E-state index in [1.807, 2.05) is 20.8 Å². The topological polar surface area (TPSA) is 80.5 Å². The van der Waals surface area contributed by atoms with Gasteiger partial charge in [-0.05, 0) is 30.3 Å². The number of benzene rings is 2. The van der Waals surface area contributed by atoms with Gasteiger partial charge in [0.2, 0.25) is 5.89 Å². The fourth-order valence-corrected chi connectivity index (χ4v) is 3.61. The first-order valence-corrected chi connectivity index (χ1v) is 10.4. The lowest BCUT2D eigenvalue weighted by Crippen LogP contribution is -2.11. The van der Waals surface area contributed by atoms with Crippen molar-refractivity contribution in [1.82, 2.24) is 20.0 Å². The average molecular weight is 473 g/mol. The monoisotopic (exact) mass is 471 g/mol. The van der Waals surface area contributed by atoms with Gasteiger partial charge >= 0.3 is 0 Å². The Bertz CT molecular complexity index is 1310. The molecule has 0 spiro atoms. The van der Waals surface area contributed by atoms with E-state index >= 15 is 0 Å². The van der Waals surface area contributed by atoms with Crippen LogP contribution in [0.2, 0.25) is 15.1 Å². The Labute approximate surface area is 194 Å². The van der Waals surface area contributed by atoms with E-state index < -0.39 is 0 Å². The Balaban J connectivity index is 2.01. The predicted octanol–water partition coefficient (Wildman–Crippen LogP) is 6.72. The van der Waals surface area contributed by atoms with Gasteiger partial charge in [0, 0.05) is 21.0 Å². The van der Waals surface area contributed by atoms with E-state index in [0.29, 0.717) is 32.3 Å². The Morgan fingerprint density at radius 1 is 0.968 bits per heavy atom. The van der Waals surface area contributed by atoms with E-state index in [0.717, 1.165) is 5.56 Å². The average Bonchev–Trinajstić information content (AvgIpc) is 3.33. The summed E-state index contributed by atoms with van der Waals surface area (Å²) in [5, 5.41) is 24.4. The maximum Gasteiger partial charge on any atom is 0.269 e. The van der Waals surface area contributed by atoms with Crippen molar-refractivity contribution in [2.24, 2.45) is 0 Å². The number of aromatic nitrogens is 4. The maximum absolute atomic E-state index is 10.0. The van der Waals surface area contributed by atoms with E-state index in [1.165, 1.54) is 0 Å². The summed E-state index contributed by atoms with van der Waals surface area (Å²) >= 11 is 18.6. The van der Waals surface area contributed by atoms with Crippen molar-refractivity contribution in [3.8, 4) is 34.6 Å². The Kier molecular flexibility index (Phi) is 5.52. The summed E-state index contributed by atoms with van der Waals surface area (Å²) in [7, 11) is 0. The molecule has 4 rings (SSSR count). The van der Waals surface area contributed by atoms with Gasteiger partial charge in [0.05, 0.1) is 16.4 Å². The zero-order valence-corrected chi connectivity index (χ0v) is 19.1. The highest BCUT2D eigenvalue weighted by atomic mass is 35.5. The summed E-state index contributed by atoms with van der Waals surface area (Å²) in [6.45, 7) is 5.88. The van der Waals surface area contributed by atoms with Gasteiger partial charge in [0.15, 0.2) is 5.69 Å². The summed E-state index contributed by atoms with van der Waals surface area (Å²) in [6, 6.07) is 14.4. The van der Waals surface area contributed by atoms with Crippen molar-refractivity contribution in [2.45, 2.75) is 26.2 Å². The predicted molar refractivity (Wildman–Crippen MR) is 121 cm³/mol. The van der Waals surface area contributed by atoms with Crippen molar-refractivity contribution < 1.29 is 4.42 Å². The molecule has 2 aromatic heterocycles. The number of rotatable bonds is 3. The van der Waals surface area contributed by atoms with Crippen LogP contribution in [-0.4, -0.2) is 20.0 Å². The van der Waals surface area contributed by atoms with E-state index in [9.17, 15) is 5.26 Å². The quantitative estimate of drug-likeness (QED) is 0.330. The van der Waals surface area contributed by atoms with Crippen LogP contribution in [0.1, 0.15) is 32.2 Å². The van der Waals surface area contributed by atoms with Gasteiger partial charge < -0.3 is 4.42 Å². The number of hydrogen-bond acceptors (Lipinski definition) is 5. The molecule has 0 saturated heterocycles. The van der Waals surface area contributed by atoms with Crippen molar-refractivity contribution in [1.29, 1.82) is 5.26 Å². The van der Waals surface area contributed by atoms with Crippen molar-refractivity contribution in [3.63, 3.8) is 0 Å². The fourth-order valence-electron chi connectivity index (χ4n) is 3.00. The van der Waals surface area contributed by atoms with Gasteiger partial charge in [-0.2, -0.15) is 10.4 Å². The molecule has 0 fully saturated rings. The molecule has 2 heterocycles. The second kappa shape index (κ2) is 8.01. The van der Waals surface area contributed by atoms with Crippen LogP contribution in [0.15, 0.2) is 46.9 Å². The highest BCUT2D eigenvalue weighted by molar-refractivity contribution is 6.35. The molecule has 0 amide bonds. The van der Waals surface area contributed by atoms with Gasteiger partial charge in [-0.1, -0.05) is 67.7 Å². The van der Waals surface area contributed by atoms with Gasteiger partial charge in [0.1, 0.15) is 11.6 Å². The van der Waals surface area contributed by atoms with Gasteiger partial charge in [-0.15, -0.1) is 10.2 Å². The Hall–Kier alpha value is -2.85.